The highest BCUT2D eigenvalue weighted by atomic mass is 35.5. The molecule has 1 aromatic rings. The molecule has 2 rings (SSSR count). The van der Waals surface area contributed by atoms with Crippen LogP contribution < -0.4 is 10.1 Å². The van der Waals surface area contributed by atoms with E-state index in [4.69, 9.17) is 16.3 Å². The number of nitrogens with one attached hydrogen (secondary N) is 1. The van der Waals surface area contributed by atoms with E-state index < -0.39 is 6.10 Å². The summed E-state index contributed by atoms with van der Waals surface area (Å²) in [7, 11) is 0. The van der Waals surface area contributed by atoms with E-state index >= 15 is 0 Å². The Morgan fingerprint density at radius 2 is 2.09 bits per heavy atom. The maximum absolute atomic E-state index is 12.2. The largest absolute Gasteiger partial charge is 0.479 e. The van der Waals surface area contributed by atoms with Crippen molar-refractivity contribution in [3.8, 4) is 5.75 Å². The summed E-state index contributed by atoms with van der Waals surface area (Å²) in [5.41, 5.74) is 0. The predicted molar refractivity (Wildman–Crippen MR) is 89.5 cm³/mol. The highest BCUT2D eigenvalue weighted by Crippen LogP contribution is 2.24. The summed E-state index contributed by atoms with van der Waals surface area (Å²) >= 11 is 6.07. The van der Waals surface area contributed by atoms with Crippen LogP contribution in [-0.2, 0) is 4.79 Å². The number of amides is 1. The lowest BCUT2D eigenvalue weighted by atomic mass is 10.2. The Labute approximate surface area is 137 Å². The lowest BCUT2D eigenvalue weighted by Crippen LogP contribution is -2.39. The van der Waals surface area contributed by atoms with Crippen LogP contribution in [0.4, 0.5) is 0 Å². The topological polar surface area (TPSA) is 41.6 Å². The molecular formula is C17H25ClN2O2. The summed E-state index contributed by atoms with van der Waals surface area (Å²) < 4.78 is 5.73. The second-order valence-electron chi connectivity index (χ2n) is 5.64. The number of rotatable bonds is 8. The predicted octanol–water partition coefficient (Wildman–Crippen LogP) is 3.10. The van der Waals surface area contributed by atoms with Crippen LogP contribution in [0.1, 0.15) is 32.6 Å². The van der Waals surface area contributed by atoms with Crippen LogP contribution in [0.5, 0.6) is 5.75 Å². The van der Waals surface area contributed by atoms with Crippen LogP contribution in [0.15, 0.2) is 24.3 Å². The average Bonchev–Trinajstić information content (AvgIpc) is 3.04. The monoisotopic (exact) mass is 324 g/mol. The first-order valence-corrected chi connectivity index (χ1v) is 8.49. The molecule has 1 atom stereocenters. The normalized spacial score (nSPS) is 16.5. The molecule has 1 aliphatic heterocycles. The van der Waals surface area contributed by atoms with Gasteiger partial charge in [-0.1, -0.05) is 30.7 Å². The summed E-state index contributed by atoms with van der Waals surface area (Å²) in [6.07, 6.45) is 3.70. The molecule has 1 amide bonds. The van der Waals surface area contributed by atoms with Gasteiger partial charge in [-0.3, -0.25) is 4.79 Å². The minimum absolute atomic E-state index is 0.0659. The van der Waals surface area contributed by atoms with E-state index in [0.29, 0.717) is 23.7 Å². The Bertz CT molecular complexity index is 475. The third kappa shape index (κ3) is 5.18. The van der Waals surface area contributed by atoms with Crippen LogP contribution in [-0.4, -0.2) is 43.1 Å². The lowest BCUT2D eigenvalue weighted by Gasteiger charge is -2.19. The maximum Gasteiger partial charge on any atom is 0.261 e. The molecule has 4 nitrogen and oxygen atoms in total. The van der Waals surface area contributed by atoms with Gasteiger partial charge in [0.25, 0.3) is 5.91 Å². The highest BCUT2D eigenvalue weighted by molar-refractivity contribution is 6.32. The molecule has 0 bridgehead atoms. The Hall–Kier alpha value is -1.26. The number of carbonyl (C=O) groups excluding carboxylic acids is 1. The van der Waals surface area contributed by atoms with Crippen molar-refractivity contribution in [3.63, 3.8) is 0 Å². The third-order valence-electron chi connectivity index (χ3n) is 3.92. The van der Waals surface area contributed by atoms with E-state index in [1.165, 1.54) is 25.9 Å². The molecule has 0 spiro atoms. The third-order valence-corrected chi connectivity index (χ3v) is 4.23. The molecule has 1 saturated heterocycles. The molecule has 0 saturated carbocycles. The highest BCUT2D eigenvalue weighted by Gasteiger charge is 2.19. The fourth-order valence-corrected chi connectivity index (χ4v) is 2.83. The quantitative estimate of drug-likeness (QED) is 0.747. The van der Waals surface area contributed by atoms with Crippen molar-refractivity contribution in [3.05, 3.63) is 29.3 Å². The average molecular weight is 325 g/mol. The maximum atomic E-state index is 12.2. The first-order valence-electron chi connectivity index (χ1n) is 8.12. The van der Waals surface area contributed by atoms with Crippen LogP contribution in [0.3, 0.4) is 0 Å². The van der Waals surface area contributed by atoms with Crippen LogP contribution in [0.2, 0.25) is 5.02 Å². The number of nitrogens with zero attached hydrogens (tertiary/aromatic N) is 1. The smallest absolute Gasteiger partial charge is 0.261 e. The molecule has 1 aromatic carbocycles. The molecule has 22 heavy (non-hydrogen) atoms. The molecule has 122 valence electrons. The van der Waals surface area contributed by atoms with Gasteiger partial charge in [0, 0.05) is 6.54 Å². The van der Waals surface area contributed by atoms with Gasteiger partial charge >= 0.3 is 0 Å². The second-order valence-corrected chi connectivity index (χ2v) is 6.05. The van der Waals surface area contributed by atoms with Gasteiger partial charge in [-0.15, -0.1) is 0 Å². The summed E-state index contributed by atoms with van der Waals surface area (Å²) in [5.74, 6) is 0.493. The number of ether oxygens (including phenoxy) is 1. The van der Waals surface area contributed by atoms with Gasteiger partial charge in [-0.25, -0.2) is 0 Å². The minimum atomic E-state index is -0.494. The fourth-order valence-electron chi connectivity index (χ4n) is 2.65. The number of carbonyl (C=O) groups is 1. The van der Waals surface area contributed by atoms with Gasteiger partial charge in [0.1, 0.15) is 5.75 Å². The summed E-state index contributed by atoms with van der Waals surface area (Å²) in [6.45, 7) is 6.08. The van der Waals surface area contributed by atoms with Crippen molar-refractivity contribution in [1.29, 1.82) is 0 Å². The van der Waals surface area contributed by atoms with E-state index in [2.05, 4.69) is 10.2 Å². The first kappa shape index (κ1) is 17.1. The van der Waals surface area contributed by atoms with E-state index in [1.807, 2.05) is 19.1 Å². The molecule has 1 fully saturated rings. The van der Waals surface area contributed by atoms with Gasteiger partial charge in [0.05, 0.1) is 5.02 Å². The zero-order chi connectivity index (χ0) is 15.8. The van der Waals surface area contributed by atoms with Gasteiger partial charge < -0.3 is 15.0 Å². The molecular weight excluding hydrogens is 300 g/mol. The van der Waals surface area contributed by atoms with Crippen molar-refractivity contribution in [2.24, 2.45) is 0 Å². The van der Waals surface area contributed by atoms with Crippen molar-refractivity contribution < 1.29 is 9.53 Å². The molecule has 0 radical (unpaired) electrons. The van der Waals surface area contributed by atoms with Gasteiger partial charge in [0.2, 0.25) is 0 Å². The molecule has 1 heterocycles. The second kappa shape index (κ2) is 9.01. The van der Waals surface area contributed by atoms with Gasteiger partial charge in [0.15, 0.2) is 6.10 Å². The summed E-state index contributed by atoms with van der Waals surface area (Å²) in [6, 6.07) is 7.24. The van der Waals surface area contributed by atoms with Crippen LogP contribution >= 0.6 is 11.6 Å². The zero-order valence-electron chi connectivity index (χ0n) is 13.2. The SMILES string of the molecule is CC[C@@H](Oc1ccccc1Cl)C(=O)NCCCN1CCCC1. The molecule has 5 heteroatoms. The standard InChI is InChI=1S/C17H25ClN2O2/c1-2-15(22-16-9-4-3-8-14(16)18)17(21)19-10-7-13-20-11-5-6-12-20/h3-4,8-9,15H,2,5-7,10-13H2,1H3,(H,19,21)/t15-/m1/s1. The number of benzene rings is 1. The number of likely N-dealkylation sites (tertiary alicyclic amines) is 1. The molecule has 1 aliphatic rings. The number of para-hydroxylation sites is 1. The Kier molecular flexibility index (Phi) is 7.00. The fraction of sp³-hybridized carbons (Fsp3) is 0.588. The molecule has 0 aliphatic carbocycles. The summed E-state index contributed by atoms with van der Waals surface area (Å²) in [5, 5.41) is 3.49. The molecule has 0 unspecified atom stereocenters. The van der Waals surface area contributed by atoms with Crippen molar-refractivity contribution >= 4 is 17.5 Å². The van der Waals surface area contributed by atoms with E-state index in [1.54, 1.807) is 12.1 Å². The van der Waals surface area contributed by atoms with E-state index in [-0.39, 0.29) is 5.91 Å². The van der Waals surface area contributed by atoms with Gasteiger partial charge in [-0.05, 0) is 57.5 Å². The minimum Gasteiger partial charge on any atom is -0.479 e. The molecule has 1 N–H and O–H groups in total. The van der Waals surface area contributed by atoms with E-state index in [9.17, 15) is 4.79 Å². The van der Waals surface area contributed by atoms with E-state index in [0.717, 1.165) is 13.0 Å². The van der Waals surface area contributed by atoms with Crippen LogP contribution in [0, 0.1) is 0 Å². The Morgan fingerprint density at radius 3 is 2.77 bits per heavy atom. The van der Waals surface area contributed by atoms with Crippen molar-refractivity contribution in [1.82, 2.24) is 10.2 Å². The zero-order valence-corrected chi connectivity index (χ0v) is 13.9. The Morgan fingerprint density at radius 1 is 1.36 bits per heavy atom. The number of hydrogen-bond donors (Lipinski definition) is 1. The lowest BCUT2D eigenvalue weighted by molar-refractivity contribution is -0.128. The van der Waals surface area contributed by atoms with Crippen molar-refractivity contribution in [2.45, 2.75) is 38.7 Å². The van der Waals surface area contributed by atoms with Crippen LogP contribution in [0.25, 0.3) is 0 Å². The first-order chi connectivity index (χ1) is 10.7. The number of halogens is 1. The number of hydrogen-bond acceptors (Lipinski definition) is 3. The Balaban J connectivity index is 1.73. The van der Waals surface area contributed by atoms with Gasteiger partial charge in [-0.2, -0.15) is 0 Å². The molecule has 0 aromatic heterocycles. The van der Waals surface area contributed by atoms with Crippen molar-refractivity contribution in [2.75, 3.05) is 26.2 Å². The summed E-state index contributed by atoms with van der Waals surface area (Å²) in [4.78, 5) is 14.6.